The number of nitrogens with zero attached hydrogens (tertiary/aromatic N) is 1. The molecule has 27 heavy (non-hydrogen) atoms. The number of thiophene rings is 1. The number of halogens is 2. The molecule has 1 aliphatic rings. The van der Waals surface area contributed by atoms with Gasteiger partial charge in [-0.15, -0.1) is 11.3 Å². The van der Waals surface area contributed by atoms with E-state index in [1.54, 1.807) is 36.4 Å². The second kappa shape index (κ2) is 6.98. The molecule has 134 valence electrons. The van der Waals surface area contributed by atoms with E-state index in [1.165, 1.54) is 35.6 Å². The van der Waals surface area contributed by atoms with Gasteiger partial charge in [-0.1, -0.05) is 29.8 Å². The van der Waals surface area contributed by atoms with Crippen LogP contribution in [0.2, 0.25) is 5.02 Å². The van der Waals surface area contributed by atoms with E-state index in [1.807, 2.05) is 5.38 Å². The number of hydrogen-bond acceptors (Lipinski definition) is 4. The van der Waals surface area contributed by atoms with Crippen LogP contribution >= 0.6 is 22.9 Å². The summed E-state index contributed by atoms with van der Waals surface area (Å²) in [4.78, 5) is 27.9. The summed E-state index contributed by atoms with van der Waals surface area (Å²) in [6.07, 6.45) is 0. The molecule has 1 aliphatic heterocycles. The Hall–Kier alpha value is -2.96. The van der Waals surface area contributed by atoms with Gasteiger partial charge in [0.15, 0.2) is 0 Å². The number of carbonyl (C=O) groups is 2. The van der Waals surface area contributed by atoms with Crippen molar-refractivity contribution in [1.82, 2.24) is 0 Å². The molecule has 0 bridgehead atoms. The van der Waals surface area contributed by atoms with Crippen LogP contribution in [0.4, 0.5) is 15.8 Å². The standard InChI is InChI=1S/C20H12ClFN2O2S/c21-14-4-1-2-5-15(14)24-19(25)17(16-6-3-11-27-16)18(20(24)26)23-13-9-7-12(22)8-10-13/h1-11,23H. The quantitative estimate of drug-likeness (QED) is 0.633. The number of benzene rings is 2. The Kier molecular flexibility index (Phi) is 4.51. The van der Waals surface area contributed by atoms with Crippen molar-refractivity contribution in [1.29, 1.82) is 0 Å². The second-order valence-corrected chi connectivity index (χ2v) is 7.11. The number of rotatable bonds is 4. The molecule has 2 amide bonds. The van der Waals surface area contributed by atoms with Gasteiger partial charge in [0.2, 0.25) is 0 Å². The molecule has 4 nitrogen and oxygen atoms in total. The Morgan fingerprint density at radius 1 is 0.926 bits per heavy atom. The average Bonchev–Trinajstić information content (AvgIpc) is 3.25. The lowest BCUT2D eigenvalue weighted by molar-refractivity contribution is -0.120. The van der Waals surface area contributed by atoms with Crippen molar-refractivity contribution in [3.05, 3.63) is 87.5 Å². The van der Waals surface area contributed by atoms with Gasteiger partial charge in [-0.25, -0.2) is 9.29 Å². The zero-order chi connectivity index (χ0) is 19.0. The van der Waals surface area contributed by atoms with E-state index >= 15 is 0 Å². The molecular formula is C20H12ClFN2O2S. The first-order valence-electron chi connectivity index (χ1n) is 8.00. The second-order valence-electron chi connectivity index (χ2n) is 5.76. The van der Waals surface area contributed by atoms with Crippen molar-refractivity contribution in [3.63, 3.8) is 0 Å². The van der Waals surface area contributed by atoms with Gasteiger partial charge in [-0.2, -0.15) is 0 Å². The molecule has 2 heterocycles. The first-order valence-corrected chi connectivity index (χ1v) is 9.26. The van der Waals surface area contributed by atoms with Crippen LogP contribution in [0, 0.1) is 5.82 Å². The van der Waals surface area contributed by atoms with Crippen LogP contribution < -0.4 is 10.2 Å². The summed E-state index contributed by atoms with van der Waals surface area (Å²) >= 11 is 7.56. The highest BCUT2D eigenvalue weighted by Crippen LogP contribution is 2.37. The van der Waals surface area contributed by atoms with Crippen molar-refractivity contribution >= 4 is 51.7 Å². The van der Waals surface area contributed by atoms with E-state index in [0.717, 1.165) is 4.90 Å². The fraction of sp³-hybridized carbons (Fsp3) is 0. The van der Waals surface area contributed by atoms with Crippen LogP contribution in [0.5, 0.6) is 0 Å². The van der Waals surface area contributed by atoms with Gasteiger partial charge in [0.25, 0.3) is 11.8 Å². The van der Waals surface area contributed by atoms with Crippen molar-refractivity contribution in [2.45, 2.75) is 0 Å². The van der Waals surface area contributed by atoms with Crippen LogP contribution in [-0.4, -0.2) is 11.8 Å². The minimum atomic E-state index is -0.513. The molecule has 0 radical (unpaired) electrons. The summed E-state index contributed by atoms with van der Waals surface area (Å²) in [6.45, 7) is 0. The van der Waals surface area contributed by atoms with Gasteiger partial charge < -0.3 is 5.32 Å². The molecule has 0 fully saturated rings. The molecule has 0 saturated carbocycles. The molecule has 0 saturated heterocycles. The van der Waals surface area contributed by atoms with Crippen molar-refractivity contribution < 1.29 is 14.0 Å². The van der Waals surface area contributed by atoms with E-state index in [2.05, 4.69) is 5.32 Å². The Morgan fingerprint density at radius 3 is 2.33 bits per heavy atom. The van der Waals surface area contributed by atoms with Crippen LogP contribution in [-0.2, 0) is 9.59 Å². The molecule has 0 aliphatic carbocycles. The van der Waals surface area contributed by atoms with E-state index in [9.17, 15) is 14.0 Å². The summed E-state index contributed by atoms with van der Waals surface area (Å²) in [5.41, 5.74) is 1.22. The largest absolute Gasteiger partial charge is 0.350 e. The van der Waals surface area contributed by atoms with Crippen LogP contribution in [0.25, 0.3) is 5.57 Å². The van der Waals surface area contributed by atoms with Crippen molar-refractivity contribution in [3.8, 4) is 0 Å². The zero-order valence-corrected chi connectivity index (χ0v) is 15.4. The Balaban J connectivity index is 1.81. The third-order valence-electron chi connectivity index (χ3n) is 4.06. The van der Waals surface area contributed by atoms with E-state index < -0.39 is 11.8 Å². The predicted octanol–water partition coefficient (Wildman–Crippen LogP) is 4.94. The van der Waals surface area contributed by atoms with Crippen LogP contribution in [0.15, 0.2) is 71.7 Å². The van der Waals surface area contributed by atoms with Gasteiger partial charge in [0.1, 0.15) is 11.5 Å². The molecule has 1 N–H and O–H groups in total. The minimum Gasteiger partial charge on any atom is -0.350 e. The van der Waals surface area contributed by atoms with E-state index in [4.69, 9.17) is 11.6 Å². The highest BCUT2D eigenvalue weighted by atomic mass is 35.5. The number of nitrogens with one attached hydrogen (secondary N) is 1. The molecular weight excluding hydrogens is 387 g/mol. The maximum absolute atomic E-state index is 13.2. The smallest absolute Gasteiger partial charge is 0.282 e. The van der Waals surface area contributed by atoms with Gasteiger partial charge in [0.05, 0.1) is 16.3 Å². The average molecular weight is 399 g/mol. The molecule has 0 spiro atoms. The lowest BCUT2D eigenvalue weighted by atomic mass is 10.2. The molecule has 7 heteroatoms. The maximum Gasteiger partial charge on any atom is 0.282 e. The molecule has 4 rings (SSSR count). The van der Waals surface area contributed by atoms with E-state index in [-0.39, 0.29) is 17.1 Å². The first-order chi connectivity index (χ1) is 13.1. The highest BCUT2D eigenvalue weighted by Gasteiger charge is 2.41. The first kappa shape index (κ1) is 17.5. The SMILES string of the molecule is O=C1C(Nc2ccc(F)cc2)=C(c2cccs2)C(=O)N1c1ccccc1Cl. The Morgan fingerprint density at radius 2 is 1.67 bits per heavy atom. The van der Waals surface area contributed by atoms with Crippen molar-refractivity contribution in [2.24, 2.45) is 0 Å². The van der Waals surface area contributed by atoms with Gasteiger partial charge in [0, 0.05) is 10.6 Å². The molecule has 0 unspecified atom stereocenters. The summed E-state index contributed by atoms with van der Waals surface area (Å²) in [6, 6.07) is 15.8. The summed E-state index contributed by atoms with van der Waals surface area (Å²) in [5.74, 6) is -1.36. The van der Waals surface area contributed by atoms with Gasteiger partial charge in [-0.3, -0.25) is 9.59 Å². The van der Waals surface area contributed by atoms with Crippen molar-refractivity contribution in [2.75, 3.05) is 10.2 Å². The number of amides is 2. The van der Waals surface area contributed by atoms with Crippen LogP contribution in [0.3, 0.4) is 0 Å². The number of carbonyl (C=O) groups excluding carboxylic acids is 2. The topological polar surface area (TPSA) is 49.4 Å². The minimum absolute atomic E-state index is 0.133. The summed E-state index contributed by atoms with van der Waals surface area (Å²) in [5, 5.41) is 5.10. The van der Waals surface area contributed by atoms with Gasteiger partial charge in [-0.05, 0) is 47.8 Å². The number of para-hydroxylation sites is 1. The molecule has 1 aromatic heterocycles. The maximum atomic E-state index is 13.2. The zero-order valence-electron chi connectivity index (χ0n) is 13.8. The summed E-state index contributed by atoms with van der Waals surface area (Å²) < 4.78 is 13.2. The fourth-order valence-corrected chi connectivity index (χ4v) is 3.81. The predicted molar refractivity (Wildman–Crippen MR) is 105 cm³/mol. The number of hydrogen-bond donors (Lipinski definition) is 1. The third-order valence-corrected chi connectivity index (χ3v) is 5.27. The fourth-order valence-electron chi connectivity index (χ4n) is 2.82. The normalized spacial score (nSPS) is 14.2. The van der Waals surface area contributed by atoms with Crippen LogP contribution in [0.1, 0.15) is 4.88 Å². The Bertz CT molecular complexity index is 1060. The Labute approximate surface area is 163 Å². The monoisotopic (exact) mass is 398 g/mol. The highest BCUT2D eigenvalue weighted by molar-refractivity contribution is 7.11. The molecule has 3 aromatic rings. The summed E-state index contributed by atoms with van der Waals surface area (Å²) in [7, 11) is 0. The third kappa shape index (κ3) is 3.13. The lowest BCUT2D eigenvalue weighted by Gasteiger charge is -2.16. The van der Waals surface area contributed by atoms with Gasteiger partial charge >= 0.3 is 0 Å². The lowest BCUT2D eigenvalue weighted by Crippen LogP contribution is -2.32. The molecule has 0 atom stereocenters. The number of imide groups is 1. The molecule has 2 aromatic carbocycles. The number of anilines is 2. The van der Waals surface area contributed by atoms with E-state index in [0.29, 0.717) is 21.3 Å².